The van der Waals surface area contributed by atoms with Crippen LogP contribution in [0.1, 0.15) is 43.2 Å². The van der Waals surface area contributed by atoms with Crippen molar-refractivity contribution < 1.29 is 0 Å². The zero-order valence-corrected chi connectivity index (χ0v) is 11.0. The van der Waals surface area contributed by atoms with Crippen molar-refractivity contribution in [1.82, 2.24) is 5.32 Å². The molecule has 16 heavy (non-hydrogen) atoms. The summed E-state index contributed by atoms with van der Waals surface area (Å²) in [6.07, 6.45) is 1.22. The summed E-state index contributed by atoms with van der Waals surface area (Å²) in [6, 6.07) is 6.40. The molecule has 0 fully saturated rings. The molecule has 0 aliphatic heterocycles. The van der Waals surface area contributed by atoms with Gasteiger partial charge in [0.2, 0.25) is 0 Å². The van der Waals surface area contributed by atoms with Gasteiger partial charge in [-0.25, -0.2) is 0 Å². The van der Waals surface area contributed by atoms with E-state index in [0.29, 0.717) is 11.8 Å². The molecule has 3 atom stereocenters. The molecule has 2 rings (SSSR count). The van der Waals surface area contributed by atoms with Crippen molar-refractivity contribution in [2.24, 2.45) is 5.92 Å². The number of fused-ring (bicyclic) bond motifs is 1. The number of hydrogen-bond donors (Lipinski definition) is 1. The largest absolute Gasteiger partial charge is 0.320 e. The highest BCUT2D eigenvalue weighted by Crippen LogP contribution is 2.48. The fourth-order valence-electron chi connectivity index (χ4n) is 2.91. The van der Waals surface area contributed by atoms with E-state index in [4.69, 9.17) is 11.6 Å². The van der Waals surface area contributed by atoms with E-state index in [1.165, 1.54) is 17.5 Å². The summed E-state index contributed by atoms with van der Waals surface area (Å²) in [5.74, 6) is 2.05. The highest BCUT2D eigenvalue weighted by molar-refractivity contribution is 6.30. The van der Waals surface area contributed by atoms with E-state index in [9.17, 15) is 0 Å². The normalized spacial score (nSPS) is 28.1. The molecule has 1 aromatic carbocycles. The van der Waals surface area contributed by atoms with Crippen LogP contribution in [0, 0.1) is 5.92 Å². The van der Waals surface area contributed by atoms with E-state index < -0.39 is 0 Å². The van der Waals surface area contributed by atoms with Gasteiger partial charge in [-0.2, -0.15) is 0 Å². The van der Waals surface area contributed by atoms with Gasteiger partial charge in [-0.1, -0.05) is 31.5 Å². The molecular formula is C14H20ClN. The monoisotopic (exact) mass is 237 g/mol. The van der Waals surface area contributed by atoms with Crippen LogP contribution < -0.4 is 5.32 Å². The average Bonchev–Trinajstić information content (AvgIpc) is 2.50. The topological polar surface area (TPSA) is 12.0 Å². The molecule has 0 spiro atoms. The van der Waals surface area contributed by atoms with Gasteiger partial charge in [0.05, 0.1) is 0 Å². The quantitative estimate of drug-likeness (QED) is 0.844. The Kier molecular flexibility index (Phi) is 3.56. The smallest absolute Gasteiger partial charge is 0.0409 e. The van der Waals surface area contributed by atoms with Gasteiger partial charge >= 0.3 is 0 Å². The minimum atomic E-state index is 0.635. The predicted molar refractivity (Wildman–Crippen MR) is 70.3 cm³/mol. The van der Waals surface area contributed by atoms with Gasteiger partial charge in [0.1, 0.15) is 0 Å². The Bertz CT molecular complexity index is 375. The van der Waals surface area contributed by atoms with E-state index in [-0.39, 0.29) is 0 Å². The molecule has 0 bridgehead atoms. The predicted octanol–water partition coefficient (Wildman–Crippen LogP) is 3.79. The van der Waals surface area contributed by atoms with Crippen LogP contribution in [-0.4, -0.2) is 13.6 Å². The number of nitrogens with one attached hydrogen (secondary N) is 1. The summed E-state index contributed by atoms with van der Waals surface area (Å²) in [7, 11) is 2.02. The van der Waals surface area contributed by atoms with E-state index in [0.717, 1.165) is 17.5 Å². The Morgan fingerprint density at radius 1 is 1.25 bits per heavy atom. The fraction of sp³-hybridized carbons (Fsp3) is 0.571. The summed E-state index contributed by atoms with van der Waals surface area (Å²) in [5.41, 5.74) is 2.97. The third-order valence-corrected chi connectivity index (χ3v) is 4.30. The molecule has 0 aromatic heterocycles. The summed E-state index contributed by atoms with van der Waals surface area (Å²) in [6.45, 7) is 5.77. The van der Waals surface area contributed by atoms with Gasteiger partial charge in [0, 0.05) is 5.02 Å². The molecule has 0 radical (unpaired) electrons. The first kappa shape index (κ1) is 11.9. The number of benzene rings is 1. The first-order valence-corrected chi connectivity index (χ1v) is 6.47. The van der Waals surface area contributed by atoms with Crippen LogP contribution in [0.25, 0.3) is 0 Å². The molecule has 0 saturated heterocycles. The molecule has 2 heteroatoms. The molecule has 1 aliphatic rings. The van der Waals surface area contributed by atoms with E-state index in [1.54, 1.807) is 0 Å². The van der Waals surface area contributed by atoms with Gasteiger partial charge in [0.25, 0.3) is 0 Å². The van der Waals surface area contributed by atoms with Crippen LogP contribution in [0.2, 0.25) is 5.02 Å². The Balaban J connectivity index is 2.30. The van der Waals surface area contributed by atoms with Gasteiger partial charge in [-0.15, -0.1) is 0 Å². The van der Waals surface area contributed by atoms with Crippen LogP contribution in [-0.2, 0) is 0 Å². The molecule has 1 nitrogen and oxygen atoms in total. The second-order valence-corrected chi connectivity index (χ2v) is 5.36. The number of hydrogen-bond acceptors (Lipinski definition) is 1. The van der Waals surface area contributed by atoms with Crippen LogP contribution in [0.5, 0.6) is 0 Å². The fourth-order valence-corrected chi connectivity index (χ4v) is 3.09. The summed E-state index contributed by atoms with van der Waals surface area (Å²) in [5, 5.41) is 4.11. The maximum atomic E-state index is 6.08. The molecular weight excluding hydrogens is 218 g/mol. The lowest BCUT2D eigenvalue weighted by molar-refractivity contribution is 0.417. The molecule has 1 N–H and O–H groups in total. The van der Waals surface area contributed by atoms with Crippen LogP contribution in [0.3, 0.4) is 0 Å². The second kappa shape index (κ2) is 4.77. The maximum absolute atomic E-state index is 6.08. The van der Waals surface area contributed by atoms with Crippen LogP contribution >= 0.6 is 11.6 Å². The van der Waals surface area contributed by atoms with Crippen LogP contribution in [0.15, 0.2) is 18.2 Å². The minimum absolute atomic E-state index is 0.635. The lowest BCUT2D eigenvalue weighted by atomic mass is 9.87. The Labute approximate surface area is 103 Å². The first-order valence-electron chi connectivity index (χ1n) is 6.09. The number of halogens is 1. The molecule has 2 unspecified atom stereocenters. The standard InChI is InChI=1S/C14H20ClN/c1-9-10(2)14-8-11(15)4-5-13(14)12(9)6-7-16-3/h4-5,8-10,12,16H,6-7H2,1-3H3/t9-,10?,12?/m1/s1. The average molecular weight is 238 g/mol. The Morgan fingerprint density at radius 3 is 2.69 bits per heavy atom. The zero-order valence-electron chi connectivity index (χ0n) is 10.3. The molecule has 88 valence electrons. The lowest BCUT2D eigenvalue weighted by Gasteiger charge is -2.18. The van der Waals surface area contributed by atoms with Crippen molar-refractivity contribution in [3.05, 3.63) is 34.3 Å². The van der Waals surface area contributed by atoms with Crippen molar-refractivity contribution in [2.75, 3.05) is 13.6 Å². The Hall–Kier alpha value is -0.530. The third-order valence-electron chi connectivity index (χ3n) is 4.07. The van der Waals surface area contributed by atoms with Crippen molar-refractivity contribution >= 4 is 11.6 Å². The van der Waals surface area contributed by atoms with Gasteiger partial charge < -0.3 is 5.32 Å². The highest BCUT2D eigenvalue weighted by Gasteiger charge is 2.34. The van der Waals surface area contributed by atoms with Gasteiger partial charge in [0.15, 0.2) is 0 Å². The summed E-state index contributed by atoms with van der Waals surface area (Å²) in [4.78, 5) is 0. The lowest BCUT2D eigenvalue weighted by Crippen LogP contribution is -2.15. The highest BCUT2D eigenvalue weighted by atomic mass is 35.5. The molecule has 0 amide bonds. The number of rotatable bonds is 3. The minimum Gasteiger partial charge on any atom is -0.320 e. The molecule has 0 saturated carbocycles. The summed E-state index contributed by atoms with van der Waals surface area (Å²) >= 11 is 6.08. The molecule has 1 aromatic rings. The van der Waals surface area contributed by atoms with E-state index >= 15 is 0 Å². The van der Waals surface area contributed by atoms with Crippen molar-refractivity contribution in [3.8, 4) is 0 Å². The molecule has 1 aliphatic carbocycles. The summed E-state index contributed by atoms with van der Waals surface area (Å²) < 4.78 is 0. The third kappa shape index (κ3) is 1.99. The second-order valence-electron chi connectivity index (χ2n) is 4.92. The molecule has 0 heterocycles. The van der Waals surface area contributed by atoms with Crippen molar-refractivity contribution in [1.29, 1.82) is 0 Å². The van der Waals surface area contributed by atoms with Crippen molar-refractivity contribution in [2.45, 2.75) is 32.1 Å². The maximum Gasteiger partial charge on any atom is 0.0409 e. The van der Waals surface area contributed by atoms with E-state index in [1.807, 2.05) is 13.1 Å². The van der Waals surface area contributed by atoms with Gasteiger partial charge in [-0.3, -0.25) is 0 Å². The van der Waals surface area contributed by atoms with Crippen molar-refractivity contribution in [3.63, 3.8) is 0 Å². The van der Waals surface area contributed by atoms with Gasteiger partial charge in [-0.05, 0) is 61.0 Å². The van der Waals surface area contributed by atoms with Crippen LogP contribution in [0.4, 0.5) is 0 Å². The van der Waals surface area contributed by atoms with E-state index in [2.05, 4.69) is 31.3 Å². The Morgan fingerprint density at radius 2 is 2.00 bits per heavy atom. The zero-order chi connectivity index (χ0) is 11.7. The first-order chi connectivity index (χ1) is 7.65. The SMILES string of the molecule is CNCCC1c2ccc(Cl)cc2C(C)[C@H]1C.